The van der Waals surface area contributed by atoms with Crippen LogP contribution in [0.15, 0.2) is 4.47 Å². The third-order valence-electron chi connectivity index (χ3n) is 2.98. The molecule has 1 aromatic rings. The van der Waals surface area contributed by atoms with Crippen LogP contribution in [0, 0.1) is 5.92 Å². The number of nitrogens with zero attached hydrogens (tertiary/aromatic N) is 2. The monoisotopic (exact) mass is 320 g/mol. The van der Waals surface area contributed by atoms with E-state index in [1.807, 2.05) is 11.7 Å². The Morgan fingerprint density at radius 2 is 2.24 bits per heavy atom. The van der Waals surface area contributed by atoms with Crippen molar-refractivity contribution in [3.63, 3.8) is 0 Å². The van der Waals surface area contributed by atoms with Crippen molar-refractivity contribution in [2.24, 2.45) is 13.0 Å². The molecule has 1 heterocycles. The highest BCUT2D eigenvalue weighted by molar-refractivity contribution is 9.10. The number of aryl methyl sites for hydroxylation is 2. The molecule has 17 heavy (non-hydrogen) atoms. The van der Waals surface area contributed by atoms with Gasteiger partial charge in [-0.25, -0.2) is 0 Å². The fourth-order valence-corrected chi connectivity index (χ4v) is 2.90. The van der Waals surface area contributed by atoms with Gasteiger partial charge in [-0.15, -0.1) is 11.6 Å². The molecule has 0 aliphatic carbocycles. The summed E-state index contributed by atoms with van der Waals surface area (Å²) in [5.41, 5.74) is 2.11. The van der Waals surface area contributed by atoms with Gasteiger partial charge >= 0.3 is 0 Å². The van der Waals surface area contributed by atoms with E-state index in [1.165, 1.54) is 0 Å². The third kappa shape index (κ3) is 3.55. The van der Waals surface area contributed by atoms with Crippen molar-refractivity contribution in [3.8, 4) is 0 Å². The van der Waals surface area contributed by atoms with E-state index in [0.29, 0.717) is 12.3 Å². The molecule has 1 aromatic heterocycles. The van der Waals surface area contributed by atoms with Crippen LogP contribution in [0.4, 0.5) is 0 Å². The van der Waals surface area contributed by atoms with Gasteiger partial charge in [-0.2, -0.15) is 5.10 Å². The smallest absolute Gasteiger partial charge is 0.133 e. The number of Topliss-reactive ketones (excluding diaryl/α,β-unsaturated/α-hetero) is 1. The summed E-state index contributed by atoms with van der Waals surface area (Å²) >= 11 is 9.30. The molecule has 0 aliphatic heterocycles. The van der Waals surface area contributed by atoms with Gasteiger partial charge in [0.25, 0.3) is 0 Å². The molecule has 3 nitrogen and oxygen atoms in total. The van der Waals surface area contributed by atoms with Gasteiger partial charge in [0, 0.05) is 25.3 Å². The lowest BCUT2D eigenvalue weighted by Crippen LogP contribution is -2.16. The van der Waals surface area contributed by atoms with Crippen molar-refractivity contribution in [3.05, 3.63) is 15.9 Å². The number of hydrogen-bond acceptors (Lipinski definition) is 2. The first-order valence-corrected chi connectivity index (χ1v) is 7.10. The largest absolute Gasteiger partial charge is 0.300 e. The lowest BCUT2D eigenvalue weighted by atomic mass is 9.96. The lowest BCUT2D eigenvalue weighted by Gasteiger charge is -2.12. The van der Waals surface area contributed by atoms with Crippen molar-refractivity contribution in [2.75, 3.05) is 5.88 Å². The maximum absolute atomic E-state index is 11.5. The maximum atomic E-state index is 11.5. The Morgan fingerprint density at radius 1 is 1.59 bits per heavy atom. The Balaban J connectivity index is 2.92. The Kier molecular flexibility index (Phi) is 5.67. The third-order valence-corrected chi connectivity index (χ3v) is 4.11. The highest BCUT2D eigenvalue weighted by atomic mass is 79.9. The normalized spacial score (nSPS) is 12.8. The zero-order chi connectivity index (χ0) is 13.0. The molecule has 0 saturated carbocycles. The van der Waals surface area contributed by atoms with E-state index in [2.05, 4.69) is 28.0 Å². The van der Waals surface area contributed by atoms with Crippen LogP contribution in [0.25, 0.3) is 0 Å². The summed E-state index contributed by atoms with van der Waals surface area (Å²) < 4.78 is 2.89. The minimum absolute atomic E-state index is 0.0103. The average Bonchev–Trinajstić information content (AvgIpc) is 2.55. The minimum Gasteiger partial charge on any atom is -0.300 e. The first-order chi connectivity index (χ1) is 8.01. The molecule has 0 bridgehead atoms. The Morgan fingerprint density at radius 3 is 2.65 bits per heavy atom. The number of halogens is 2. The number of ketones is 1. The standard InChI is InChI=1S/C12H18BrClN2O/c1-4-10-12(13)11(16(3)15-10)7-9(5-6-14)8(2)17/h9H,4-7H2,1-3H3. The zero-order valence-electron chi connectivity index (χ0n) is 10.5. The average molecular weight is 322 g/mol. The van der Waals surface area contributed by atoms with Gasteiger partial charge in [-0.1, -0.05) is 6.92 Å². The summed E-state index contributed by atoms with van der Waals surface area (Å²) in [6, 6.07) is 0. The Labute approximate surface area is 116 Å². The fraction of sp³-hybridized carbons (Fsp3) is 0.667. The molecular formula is C12H18BrClN2O. The van der Waals surface area contributed by atoms with Crippen molar-refractivity contribution in [2.45, 2.75) is 33.1 Å². The number of carbonyl (C=O) groups is 1. The summed E-state index contributed by atoms with van der Waals surface area (Å²) in [5, 5.41) is 4.43. The van der Waals surface area contributed by atoms with E-state index in [1.54, 1.807) is 6.92 Å². The zero-order valence-corrected chi connectivity index (χ0v) is 12.8. The molecule has 96 valence electrons. The van der Waals surface area contributed by atoms with E-state index in [-0.39, 0.29) is 11.7 Å². The van der Waals surface area contributed by atoms with Crippen LogP contribution < -0.4 is 0 Å². The summed E-state index contributed by atoms with van der Waals surface area (Å²) in [6.07, 6.45) is 2.30. The second kappa shape index (κ2) is 6.55. The van der Waals surface area contributed by atoms with E-state index < -0.39 is 0 Å². The molecule has 0 aliphatic rings. The highest BCUT2D eigenvalue weighted by Crippen LogP contribution is 2.25. The Hall–Kier alpha value is -0.350. The number of alkyl halides is 1. The van der Waals surface area contributed by atoms with Crippen LogP contribution >= 0.6 is 27.5 Å². The second-order valence-corrected chi connectivity index (χ2v) is 5.34. The molecule has 0 radical (unpaired) electrons. The SMILES string of the molecule is CCc1nn(C)c(CC(CCCl)C(C)=O)c1Br. The highest BCUT2D eigenvalue weighted by Gasteiger charge is 2.20. The van der Waals surface area contributed by atoms with Gasteiger partial charge in [0.05, 0.1) is 15.9 Å². The van der Waals surface area contributed by atoms with Gasteiger partial charge in [-0.3, -0.25) is 9.48 Å². The Bertz CT molecular complexity index is 403. The summed E-state index contributed by atoms with van der Waals surface area (Å²) in [6.45, 7) is 3.69. The predicted molar refractivity (Wildman–Crippen MR) is 73.5 cm³/mol. The van der Waals surface area contributed by atoms with Crippen LogP contribution in [-0.2, 0) is 24.7 Å². The topological polar surface area (TPSA) is 34.9 Å². The van der Waals surface area contributed by atoms with Gasteiger partial charge in [0.15, 0.2) is 0 Å². The molecular weight excluding hydrogens is 304 g/mol. The van der Waals surface area contributed by atoms with Crippen molar-refractivity contribution >= 4 is 33.3 Å². The molecule has 0 N–H and O–H groups in total. The molecule has 0 aromatic carbocycles. The number of rotatable bonds is 6. The van der Waals surface area contributed by atoms with Gasteiger partial charge < -0.3 is 0 Å². The molecule has 1 unspecified atom stereocenters. The number of hydrogen-bond donors (Lipinski definition) is 0. The van der Waals surface area contributed by atoms with Crippen molar-refractivity contribution in [1.29, 1.82) is 0 Å². The number of aromatic nitrogens is 2. The van der Waals surface area contributed by atoms with E-state index in [0.717, 1.165) is 28.7 Å². The molecule has 5 heteroatoms. The van der Waals surface area contributed by atoms with Gasteiger partial charge in [-0.05, 0) is 35.7 Å². The van der Waals surface area contributed by atoms with Crippen LogP contribution in [0.3, 0.4) is 0 Å². The van der Waals surface area contributed by atoms with Crippen LogP contribution in [-0.4, -0.2) is 21.4 Å². The quantitative estimate of drug-likeness (QED) is 0.755. The summed E-state index contributed by atoms with van der Waals surface area (Å²) in [4.78, 5) is 11.5. The molecule has 0 saturated heterocycles. The van der Waals surface area contributed by atoms with Crippen LogP contribution in [0.5, 0.6) is 0 Å². The van der Waals surface area contributed by atoms with Crippen LogP contribution in [0.1, 0.15) is 31.7 Å². The van der Waals surface area contributed by atoms with Gasteiger partial charge in [0.2, 0.25) is 0 Å². The van der Waals surface area contributed by atoms with Crippen LogP contribution in [0.2, 0.25) is 0 Å². The fourth-order valence-electron chi connectivity index (χ4n) is 1.86. The molecule has 0 amide bonds. The second-order valence-electron chi connectivity index (χ2n) is 4.17. The first-order valence-electron chi connectivity index (χ1n) is 5.77. The molecule has 1 atom stereocenters. The summed E-state index contributed by atoms with van der Waals surface area (Å²) in [5.74, 6) is 0.695. The predicted octanol–water partition coefficient (Wildman–Crippen LogP) is 3.12. The maximum Gasteiger partial charge on any atom is 0.133 e. The number of carbonyl (C=O) groups excluding carboxylic acids is 1. The van der Waals surface area contributed by atoms with E-state index >= 15 is 0 Å². The molecule has 0 spiro atoms. The van der Waals surface area contributed by atoms with Crippen molar-refractivity contribution in [1.82, 2.24) is 9.78 Å². The lowest BCUT2D eigenvalue weighted by molar-refractivity contribution is -0.120. The minimum atomic E-state index is -0.0103. The van der Waals surface area contributed by atoms with E-state index in [9.17, 15) is 4.79 Å². The molecule has 0 fully saturated rings. The molecule has 1 rings (SSSR count). The van der Waals surface area contributed by atoms with Crippen molar-refractivity contribution < 1.29 is 4.79 Å². The van der Waals surface area contributed by atoms with Gasteiger partial charge in [0.1, 0.15) is 5.78 Å². The summed E-state index contributed by atoms with van der Waals surface area (Å²) in [7, 11) is 1.91. The first kappa shape index (κ1) is 14.7. The van der Waals surface area contributed by atoms with E-state index in [4.69, 9.17) is 11.6 Å².